The molecule has 0 amide bonds. The summed E-state index contributed by atoms with van der Waals surface area (Å²) in [6.07, 6.45) is 6.23. The molecule has 0 N–H and O–H groups in total. The van der Waals surface area contributed by atoms with Crippen molar-refractivity contribution in [2.45, 2.75) is 37.9 Å². The second-order valence-corrected chi connectivity index (χ2v) is 6.58. The van der Waals surface area contributed by atoms with E-state index in [1.165, 1.54) is 29.5 Å². The minimum Gasteiger partial charge on any atom is -0.497 e. The van der Waals surface area contributed by atoms with Crippen molar-refractivity contribution in [3.63, 3.8) is 0 Å². The molecule has 2 unspecified atom stereocenters. The van der Waals surface area contributed by atoms with Gasteiger partial charge in [-0.2, -0.15) is 0 Å². The first-order chi connectivity index (χ1) is 11.3. The summed E-state index contributed by atoms with van der Waals surface area (Å²) in [5.41, 5.74) is 4.23. The van der Waals surface area contributed by atoms with Crippen molar-refractivity contribution in [2.75, 3.05) is 7.11 Å². The topological polar surface area (TPSA) is 12.5 Å². The summed E-state index contributed by atoms with van der Waals surface area (Å²) in [5, 5.41) is 0. The number of rotatable bonds is 4. The van der Waals surface area contributed by atoms with Gasteiger partial charge in [0.05, 0.1) is 7.11 Å². The van der Waals surface area contributed by atoms with E-state index in [0.717, 1.165) is 18.7 Å². The van der Waals surface area contributed by atoms with Crippen molar-refractivity contribution in [2.24, 2.45) is 0 Å². The average molecular weight is 305 g/mol. The zero-order valence-electron chi connectivity index (χ0n) is 13.6. The van der Waals surface area contributed by atoms with E-state index in [1.807, 2.05) is 6.07 Å². The van der Waals surface area contributed by atoms with E-state index >= 15 is 0 Å². The van der Waals surface area contributed by atoms with Gasteiger partial charge in [-0.1, -0.05) is 48.5 Å². The molecule has 0 spiro atoms. The van der Waals surface area contributed by atoms with Crippen LogP contribution in [0.4, 0.5) is 0 Å². The van der Waals surface area contributed by atoms with Crippen LogP contribution >= 0.6 is 0 Å². The quantitative estimate of drug-likeness (QED) is 0.823. The van der Waals surface area contributed by atoms with Gasteiger partial charge in [0.2, 0.25) is 0 Å². The molecule has 23 heavy (non-hydrogen) atoms. The van der Waals surface area contributed by atoms with E-state index in [9.17, 15) is 0 Å². The first kappa shape index (κ1) is 14.5. The Bertz CT molecular complexity index is 707. The van der Waals surface area contributed by atoms with Crippen molar-refractivity contribution >= 4 is 5.57 Å². The van der Waals surface area contributed by atoms with Crippen molar-refractivity contribution in [3.8, 4) is 5.75 Å². The fraction of sp³-hybridized carbons (Fsp3) is 0.333. The first-order valence-electron chi connectivity index (χ1n) is 8.48. The summed E-state index contributed by atoms with van der Waals surface area (Å²) in [6, 6.07) is 20.6. The zero-order chi connectivity index (χ0) is 15.6. The van der Waals surface area contributed by atoms with Gasteiger partial charge >= 0.3 is 0 Å². The molecule has 2 heteroatoms. The minimum atomic E-state index is 0.579. The highest BCUT2D eigenvalue weighted by Crippen LogP contribution is 2.39. The van der Waals surface area contributed by atoms with Gasteiger partial charge in [0.15, 0.2) is 0 Å². The van der Waals surface area contributed by atoms with Crippen LogP contribution in [0.25, 0.3) is 5.57 Å². The Morgan fingerprint density at radius 3 is 2.70 bits per heavy atom. The van der Waals surface area contributed by atoms with Crippen LogP contribution in [0.1, 0.15) is 30.4 Å². The van der Waals surface area contributed by atoms with Crippen LogP contribution in [0.2, 0.25) is 0 Å². The summed E-state index contributed by atoms with van der Waals surface area (Å²) < 4.78 is 5.38. The third-order valence-corrected chi connectivity index (χ3v) is 5.19. The van der Waals surface area contributed by atoms with E-state index in [1.54, 1.807) is 7.11 Å². The molecule has 1 fully saturated rings. The largest absolute Gasteiger partial charge is 0.497 e. The lowest BCUT2D eigenvalue weighted by molar-refractivity contribution is 0.203. The highest BCUT2D eigenvalue weighted by atomic mass is 16.5. The predicted octanol–water partition coefficient (Wildman–Crippen LogP) is 4.52. The lowest BCUT2D eigenvalue weighted by Crippen LogP contribution is -2.37. The molecular weight excluding hydrogens is 282 g/mol. The molecule has 118 valence electrons. The normalized spacial score (nSPS) is 23.6. The average Bonchev–Trinajstić information content (AvgIpc) is 2.84. The molecule has 1 saturated heterocycles. The molecule has 2 aromatic rings. The lowest BCUT2D eigenvalue weighted by Gasteiger charge is -2.34. The second-order valence-electron chi connectivity index (χ2n) is 6.58. The Kier molecular flexibility index (Phi) is 3.92. The Morgan fingerprint density at radius 2 is 1.91 bits per heavy atom. The second kappa shape index (κ2) is 6.21. The van der Waals surface area contributed by atoms with Crippen LogP contribution in [0.3, 0.4) is 0 Å². The molecule has 0 saturated carbocycles. The van der Waals surface area contributed by atoms with E-state index < -0.39 is 0 Å². The molecule has 2 aliphatic rings. The summed E-state index contributed by atoms with van der Waals surface area (Å²) in [4.78, 5) is 2.68. The van der Waals surface area contributed by atoms with E-state index in [-0.39, 0.29) is 0 Å². The molecule has 2 bridgehead atoms. The first-order valence-corrected chi connectivity index (χ1v) is 8.48. The standard InChI is InChI=1S/C21H23NO/c1-23-21-9-5-8-17(14-21)18-12-19-10-11-20(13-18)22(19)15-16-6-3-2-4-7-16/h2-9,12,14,19-20H,10-11,13,15H2,1H3. The molecule has 2 nitrogen and oxygen atoms in total. The van der Waals surface area contributed by atoms with Gasteiger partial charge < -0.3 is 4.74 Å². The number of ether oxygens (including phenoxy) is 1. The Morgan fingerprint density at radius 1 is 1.04 bits per heavy atom. The summed E-state index contributed by atoms with van der Waals surface area (Å²) >= 11 is 0. The van der Waals surface area contributed by atoms with Crippen LogP contribution < -0.4 is 4.74 Å². The molecule has 0 aromatic heterocycles. The van der Waals surface area contributed by atoms with E-state index in [0.29, 0.717) is 12.1 Å². The number of hydrogen-bond acceptors (Lipinski definition) is 2. The Hall–Kier alpha value is -2.06. The van der Waals surface area contributed by atoms with Crippen molar-refractivity contribution in [1.82, 2.24) is 4.90 Å². The van der Waals surface area contributed by atoms with Crippen LogP contribution in [0.15, 0.2) is 60.7 Å². The Balaban J connectivity index is 1.56. The maximum Gasteiger partial charge on any atom is 0.119 e. The van der Waals surface area contributed by atoms with E-state index in [4.69, 9.17) is 4.74 Å². The summed E-state index contributed by atoms with van der Waals surface area (Å²) in [5.74, 6) is 0.947. The highest BCUT2D eigenvalue weighted by molar-refractivity contribution is 5.69. The van der Waals surface area contributed by atoms with E-state index in [2.05, 4.69) is 59.5 Å². The van der Waals surface area contributed by atoms with Crippen molar-refractivity contribution < 1.29 is 4.74 Å². The van der Waals surface area contributed by atoms with Crippen molar-refractivity contribution in [3.05, 3.63) is 71.8 Å². The van der Waals surface area contributed by atoms with Crippen molar-refractivity contribution in [1.29, 1.82) is 0 Å². The van der Waals surface area contributed by atoms with Crippen LogP contribution in [-0.2, 0) is 6.54 Å². The number of methoxy groups -OCH3 is 1. The molecule has 2 heterocycles. The summed E-state index contributed by atoms with van der Waals surface area (Å²) in [6.45, 7) is 1.07. The van der Waals surface area contributed by atoms with Crippen LogP contribution in [0, 0.1) is 0 Å². The minimum absolute atomic E-state index is 0.579. The summed E-state index contributed by atoms with van der Waals surface area (Å²) in [7, 11) is 1.74. The third-order valence-electron chi connectivity index (χ3n) is 5.19. The highest BCUT2D eigenvalue weighted by Gasteiger charge is 2.36. The zero-order valence-corrected chi connectivity index (χ0v) is 13.6. The van der Waals surface area contributed by atoms with Gasteiger partial charge in [-0.15, -0.1) is 0 Å². The molecule has 0 radical (unpaired) electrons. The molecule has 0 aliphatic carbocycles. The number of benzene rings is 2. The molecule has 2 aromatic carbocycles. The smallest absolute Gasteiger partial charge is 0.119 e. The van der Waals surface area contributed by atoms with Gasteiger partial charge in [-0.3, -0.25) is 4.90 Å². The Labute approximate surface area is 138 Å². The maximum atomic E-state index is 5.38. The molecular formula is C21H23NO. The third kappa shape index (κ3) is 2.91. The van der Waals surface area contributed by atoms with Crippen LogP contribution in [-0.4, -0.2) is 24.1 Å². The van der Waals surface area contributed by atoms with Gasteiger partial charge in [0.25, 0.3) is 0 Å². The number of fused-ring (bicyclic) bond motifs is 2. The van der Waals surface area contributed by atoms with Crippen LogP contribution in [0.5, 0.6) is 5.75 Å². The molecule has 4 rings (SSSR count). The number of nitrogens with zero attached hydrogens (tertiary/aromatic N) is 1. The van der Waals surface area contributed by atoms with Gasteiger partial charge in [-0.05, 0) is 48.1 Å². The fourth-order valence-corrected chi connectivity index (χ4v) is 4.00. The lowest BCUT2D eigenvalue weighted by atomic mass is 9.94. The predicted molar refractivity (Wildman–Crippen MR) is 94.4 cm³/mol. The van der Waals surface area contributed by atoms with Gasteiger partial charge in [0, 0.05) is 18.6 Å². The molecule has 2 aliphatic heterocycles. The van der Waals surface area contributed by atoms with Gasteiger partial charge in [0.1, 0.15) is 5.75 Å². The number of hydrogen-bond donors (Lipinski definition) is 0. The molecule has 2 atom stereocenters. The fourth-order valence-electron chi connectivity index (χ4n) is 4.00. The van der Waals surface area contributed by atoms with Gasteiger partial charge in [-0.25, -0.2) is 0 Å². The monoisotopic (exact) mass is 305 g/mol. The maximum absolute atomic E-state index is 5.38. The SMILES string of the molecule is COc1cccc(C2=CC3CCC(C2)N3Cc2ccccc2)c1.